The summed E-state index contributed by atoms with van der Waals surface area (Å²) in [5, 5.41) is 0. The standard InChI is InChI=1S/C22H16FNO3S/c23-16-7-5-6-15(12-16)13-22(26)27-14-21(25)24-17-8-1-3-10-19(17)28-20-11-4-2-9-18(20)24/h1-12H,13-14H2. The number of ether oxygens (including phenoxy) is 1. The molecule has 28 heavy (non-hydrogen) atoms. The number of anilines is 2. The van der Waals surface area contributed by atoms with Gasteiger partial charge in [0, 0.05) is 9.79 Å². The van der Waals surface area contributed by atoms with E-state index in [1.54, 1.807) is 22.7 Å². The number of carbonyl (C=O) groups excluding carboxylic acids is 2. The van der Waals surface area contributed by atoms with Crippen molar-refractivity contribution < 1.29 is 18.7 Å². The number of para-hydroxylation sites is 2. The van der Waals surface area contributed by atoms with Crippen LogP contribution in [0, 0.1) is 5.82 Å². The highest BCUT2D eigenvalue weighted by atomic mass is 32.2. The van der Waals surface area contributed by atoms with Gasteiger partial charge in [-0.1, -0.05) is 48.2 Å². The van der Waals surface area contributed by atoms with Crippen molar-refractivity contribution in [2.45, 2.75) is 16.2 Å². The molecule has 0 unspecified atom stereocenters. The summed E-state index contributed by atoms with van der Waals surface area (Å²) in [5.74, 6) is -1.33. The molecule has 0 aliphatic carbocycles. The Morgan fingerprint density at radius 3 is 2.18 bits per heavy atom. The first-order valence-corrected chi connectivity index (χ1v) is 9.52. The molecule has 0 N–H and O–H groups in total. The highest BCUT2D eigenvalue weighted by Crippen LogP contribution is 2.47. The van der Waals surface area contributed by atoms with E-state index in [1.165, 1.54) is 18.2 Å². The third-order valence-corrected chi connectivity index (χ3v) is 5.41. The minimum absolute atomic E-state index is 0.0892. The maximum absolute atomic E-state index is 13.2. The Morgan fingerprint density at radius 1 is 0.893 bits per heavy atom. The number of fused-ring (bicyclic) bond motifs is 2. The van der Waals surface area contributed by atoms with Gasteiger partial charge >= 0.3 is 5.97 Å². The highest BCUT2D eigenvalue weighted by Gasteiger charge is 2.28. The second-order valence-electron chi connectivity index (χ2n) is 6.23. The topological polar surface area (TPSA) is 46.6 Å². The number of esters is 1. The Bertz CT molecular complexity index is 1010. The number of benzene rings is 3. The number of amides is 1. The second-order valence-corrected chi connectivity index (χ2v) is 7.32. The van der Waals surface area contributed by atoms with Crippen LogP contribution in [0.15, 0.2) is 82.6 Å². The number of hydrogen-bond donors (Lipinski definition) is 0. The number of halogens is 1. The molecule has 1 aliphatic heterocycles. The summed E-state index contributed by atoms with van der Waals surface area (Å²) < 4.78 is 18.4. The average Bonchev–Trinajstić information content (AvgIpc) is 2.70. The lowest BCUT2D eigenvalue weighted by atomic mass is 10.1. The zero-order valence-corrected chi connectivity index (χ0v) is 15.6. The summed E-state index contributed by atoms with van der Waals surface area (Å²) >= 11 is 1.59. The Hall–Kier alpha value is -3.12. The van der Waals surface area contributed by atoms with Crippen molar-refractivity contribution in [3.63, 3.8) is 0 Å². The molecule has 0 bridgehead atoms. The normalized spacial score (nSPS) is 12.1. The second kappa shape index (κ2) is 7.86. The third kappa shape index (κ3) is 3.77. The van der Waals surface area contributed by atoms with Gasteiger partial charge in [-0.15, -0.1) is 0 Å². The van der Waals surface area contributed by atoms with Crippen molar-refractivity contribution in [1.82, 2.24) is 0 Å². The molecule has 3 aromatic rings. The van der Waals surface area contributed by atoms with Crippen molar-refractivity contribution in [3.8, 4) is 0 Å². The van der Waals surface area contributed by atoms with Gasteiger partial charge in [0.1, 0.15) is 5.82 Å². The highest BCUT2D eigenvalue weighted by molar-refractivity contribution is 7.99. The smallest absolute Gasteiger partial charge is 0.310 e. The first-order valence-electron chi connectivity index (χ1n) is 8.71. The van der Waals surface area contributed by atoms with Gasteiger partial charge in [0.2, 0.25) is 0 Å². The Kier molecular flexibility index (Phi) is 5.12. The molecule has 1 heterocycles. The van der Waals surface area contributed by atoms with Crippen LogP contribution in [0.1, 0.15) is 5.56 Å². The lowest BCUT2D eigenvalue weighted by Crippen LogP contribution is -2.32. The Labute approximate surface area is 165 Å². The quantitative estimate of drug-likeness (QED) is 0.601. The predicted molar refractivity (Wildman–Crippen MR) is 105 cm³/mol. The monoisotopic (exact) mass is 393 g/mol. The molecular formula is C22H16FNO3S. The zero-order chi connectivity index (χ0) is 19.5. The number of rotatable bonds is 4. The molecule has 0 spiro atoms. The number of nitrogens with zero attached hydrogens (tertiary/aromatic N) is 1. The molecule has 0 radical (unpaired) electrons. The van der Waals surface area contributed by atoms with Crippen molar-refractivity contribution in [1.29, 1.82) is 0 Å². The molecule has 4 rings (SSSR count). The van der Waals surface area contributed by atoms with E-state index < -0.39 is 11.8 Å². The predicted octanol–water partition coefficient (Wildman–Crippen LogP) is 4.74. The molecule has 0 saturated carbocycles. The van der Waals surface area contributed by atoms with Gasteiger partial charge in [0.15, 0.2) is 6.61 Å². The maximum atomic E-state index is 13.2. The fourth-order valence-corrected chi connectivity index (χ4v) is 4.10. The first kappa shape index (κ1) is 18.3. The molecule has 1 aliphatic rings. The third-order valence-electron chi connectivity index (χ3n) is 4.28. The van der Waals surface area contributed by atoms with E-state index in [2.05, 4.69) is 0 Å². The van der Waals surface area contributed by atoms with Crippen LogP contribution < -0.4 is 4.90 Å². The van der Waals surface area contributed by atoms with Crippen LogP contribution in [0.3, 0.4) is 0 Å². The summed E-state index contributed by atoms with van der Waals surface area (Å²) in [5.41, 5.74) is 2.03. The van der Waals surface area contributed by atoms with Crippen molar-refractivity contribution in [2.75, 3.05) is 11.5 Å². The SMILES string of the molecule is O=C(Cc1cccc(F)c1)OCC(=O)N1c2ccccc2Sc2ccccc21. The van der Waals surface area contributed by atoms with Crippen LogP contribution in [0.4, 0.5) is 15.8 Å². The van der Waals surface area contributed by atoms with Crippen molar-refractivity contribution in [2.24, 2.45) is 0 Å². The van der Waals surface area contributed by atoms with E-state index >= 15 is 0 Å². The van der Waals surface area contributed by atoms with Gasteiger partial charge in [0.05, 0.1) is 17.8 Å². The molecule has 0 atom stereocenters. The van der Waals surface area contributed by atoms with E-state index in [4.69, 9.17) is 4.74 Å². The summed E-state index contributed by atoms with van der Waals surface area (Å²) in [4.78, 5) is 28.5. The molecule has 0 aromatic heterocycles. The summed E-state index contributed by atoms with van der Waals surface area (Å²) in [6.07, 6.45) is -0.0892. The lowest BCUT2D eigenvalue weighted by molar-refractivity contribution is -0.147. The Balaban J connectivity index is 1.50. The molecule has 0 fully saturated rings. The molecule has 6 heteroatoms. The van der Waals surface area contributed by atoms with Gasteiger partial charge < -0.3 is 4.74 Å². The van der Waals surface area contributed by atoms with Crippen LogP contribution in [0.5, 0.6) is 0 Å². The fourth-order valence-electron chi connectivity index (χ4n) is 3.04. The molecule has 1 amide bonds. The van der Waals surface area contributed by atoms with Crippen LogP contribution in [-0.2, 0) is 20.7 Å². The lowest BCUT2D eigenvalue weighted by Gasteiger charge is -2.30. The summed E-state index contributed by atoms with van der Waals surface area (Å²) in [7, 11) is 0. The van der Waals surface area contributed by atoms with E-state index in [9.17, 15) is 14.0 Å². The van der Waals surface area contributed by atoms with Crippen LogP contribution in [-0.4, -0.2) is 18.5 Å². The van der Waals surface area contributed by atoms with Gasteiger partial charge in [-0.05, 0) is 42.0 Å². The number of hydrogen-bond acceptors (Lipinski definition) is 4. The summed E-state index contributed by atoms with van der Waals surface area (Å²) in [6, 6.07) is 21.0. The summed E-state index contributed by atoms with van der Waals surface area (Å²) in [6.45, 7) is -0.387. The largest absolute Gasteiger partial charge is 0.455 e. The van der Waals surface area contributed by atoms with E-state index in [0.717, 1.165) is 21.2 Å². The molecular weight excluding hydrogens is 377 g/mol. The van der Waals surface area contributed by atoms with Gasteiger partial charge in [-0.3, -0.25) is 14.5 Å². The number of carbonyl (C=O) groups is 2. The minimum atomic E-state index is -0.577. The molecule has 3 aromatic carbocycles. The van der Waals surface area contributed by atoms with E-state index in [1.807, 2.05) is 48.5 Å². The molecule has 140 valence electrons. The van der Waals surface area contributed by atoms with Gasteiger partial charge in [-0.25, -0.2) is 4.39 Å². The van der Waals surface area contributed by atoms with Crippen LogP contribution in [0.2, 0.25) is 0 Å². The maximum Gasteiger partial charge on any atom is 0.310 e. The van der Waals surface area contributed by atoms with Crippen LogP contribution >= 0.6 is 11.8 Å². The van der Waals surface area contributed by atoms with Gasteiger partial charge in [0.25, 0.3) is 5.91 Å². The average molecular weight is 393 g/mol. The van der Waals surface area contributed by atoms with Crippen molar-refractivity contribution >= 4 is 35.0 Å². The first-order chi connectivity index (χ1) is 13.6. The van der Waals surface area contributed by atoms with Gasteiger partial charge in [-0.2, -0.15) is 0 Å². The Morgan fingerprint density at radius 2 is 1.54 bits per heavy atom. The zero-order valence-electron chi connectivity index (χ0n) is 14.8. The molecule has 0 saturated heterocycles. The van der Waals surface area contributed by atoms with E-state index in [0.29, 0.717) is 5.56 Å². The fraction of sp³-hybridized carbons (Fsp3) is 0.0909. The molecule has 4 nitrogen and oxygen atoms in total. The minimum Gasteiger partial charge on any atom is -0.455 e. The van der Waals surface area contributed by atoms with E-state index in [-0.39, 0.29) is 18.9 Å². The van der Waals surface area contributed by atoms with Crippen LogP contribution in [0.25, 0.3) is 0 Å². The van der Waals surface area contributed by atoms with Crippen molar-refractivity contribution in [3.05, 3.63) is 84.2 Å².